The zero-order valence-electron chi connectivity index (χ0n) is 16.5. The molecule has 0 amide bonds. The highest BCUT2D eigenvalue weighted by Crippen LogP contribution is 2.30. The molecule has 0 atom stereocenters. The van der Waals surface area contributed by atoms with Gasteiger partial charge < -0.3 is 10.5 Å². The van der Waals surface area contributed by atoms with Crippen LogP contribution in [-0.4, -0.2) is 31.6 Å². The third kappa shape index (κ3) is 3.62. The average molecular weight is 398 g/mol. The Kier molecular flexibility index (Phi) is 4.86. The van der Waals surface area contributed by atoms with Gasteiger partial charge in [-0.1, -0.05) is 42.5 Å². The lowest BCUT2D eigenvalue weighted by Crippen LogP contribution is -2.03. The van der Waals surface area contributed by atoms with Crippen LogP contribution in [0.5, 0.6) is 0 Å². The van der Waals surface area contributed by atoms with Crippen LogP contribution in [0.25, 0.3) is 33.1 Å². The van der Waals surface area contributed by atoms with E-state index in [1.165, 1.54) is 5.56 Å². The zero-order chi connectivity index (χ0) is 20.3. The lowest BCUT2D eigenvalue weighted by molar-refractivity contribution is 0.115. The van der Waals surface area contributed by atoms with E-state index in [1.54, 1.807) is 6.20 Å². The molecule has 5 aromatic rings. The van der Waals surface area contributed by atoms with Gasteiger partial charge in [-0.25, -0.2) is 4.98 Å². The number of nitrogens with zero attached hydrogens (tertiary/aromatic N) is 4. The Bertz CT molecular complexity index is 1280. The van der Waals surface area contributed by atoms with E-state index < -0.39 is 0 Å². The van der Waals surface area contributed by atoms with Crippen LogP contribution in [0, 0.1) is 0 Å². The fourth-order valence-electron chi connectivity index (χ4n) is 3.63. The summed E-state index contributed by atoms with van der Waals surface area (Å²) in [5.74, 6) is 0.443. The number of aromatic amines is 1. The Morgan fingerprint density at radius 2 is 1.93 bits per heavy atom. The fourth-order valence-corrected chi connectivity index (χ4v) is 3.63. The van der Waals surface area contributed by atoms with Crippen LogP contribution in [-0.2, 0) is 17.9 Å². The van der Waals surface area contributed by atoms with Crippen LogP contribution < -0.4 is 5.73 Å². The maximum absolute atomic E-state index is 6.21. The van der Waals surface area contributed by atoms with Gasteiger partial charge in [0.2, 0.25) is 0 Å². The molecule has 7 heteroatoms. The number of nitrogens with one attached hydrogen (secondary N) is 1. The first-order valence-corrected chi connectivity index (χ1v) is 9.96. The molecule has 30 heavy (non-hydrogen) atoms. The number of hydrogen-bond donors (Lipinski definition) is 2. The Labute approximate surface area is 173 Å². The number of pyridine rings is 1. The maximum atomic E-state index is 6.21. The Morgan fingerprint density at radius 3 is 2.77 bits per heavy atom. The van der Waals surface area contributed by atoms with E-state index in [0.717, 1.165) is 46.0 Å². The van der Waals surface area contributed by atoms with Crippen molar-refractivity contribution >= 4 is 27.6 Å². The minimum atomic E-state index is 0.443. The maximum Gasteiger partial charge on any atom is 0.152 e. The molecule has 0 fully saturated rings. The topological polar surface area (TPSA) is 94.6 Å². The van der Waals surface area contributed by atoms with Crippen LogP contribution in [0.15, 0.2) is 67.0 Å². The summed E-state index contributed by atoms with van der Waals surface area (Å²) in [6.45, 7) is 2.06. The minimum absolute atomic E-state index is 0.443. The SMILES string of the molecule is Nc1nc2cc(-c3ccn[nH]3)ccc2c2cn(CCCOCc3ccccc3)nc12. The Balaban J connectivity index is 1.32. The van der Waals surface area contributed by atoms with Crippen LogP contribution >= 0.6 is 0 Å². The lowest BCUT2D eigenvalue weighted by Gasteiger charge is -2.04. The molecule has 3 heterocycles. The van der Waals surface area contributed by atoms with Crippen LogP contribution in [0.4, 0.5) is 5.82 Å². The van der Waals surface area contributed by atoms with Crippen molar-refractivity contribution in [1.82, 2.24) is 25.0 Å². The summed E-state index contributed by atoms with van der Waals surface area (Å²) in [6.07, 6.45) is 4.65. The van der Waals surface area contributed by atoms with Gasteiger partial charge in [-0.05, 0) is 24.1 Å². The summed E-state index contributed by atoms with van der Waals surface area (Å²) in [5, 5.41) is 13.7. The quantitative estimate of drug-likeness (QED) is 0.401. The molecule has 7 nitrogen and oxygen atoms in total. The van der Waals surface area contributed by atoms with E-state index in [-0.39, 0.29) is 0 Å². The molecule has 0 spiro atoms. The summed E-state index contributed by atoms with van der Waals surface area (Å²) in [4.78, 5) is 4.57. The number of nitrogens with two attached hydrogens (primary N) is 1. The standard InChI is InChI=1S/C23H22N6O/c24-23-22-19(18-8-7-17(13-21(18)26-23)20-9-10-25-27-20)14-29(28-22)11-4-12-30-15-16-5-2-1-3-6-16/h1-3,5-10,13-14H,4,11-12,15H2,(H2,24,26)(H,25,27). The van der Waals surface area contributed by atoms with Crippen molar-refractivity contribution in [2.75, 3.05) is 12.3 Å². The van der Waals surface area contributed by atoms with Gasteiger partial charge in [0.1, 0.15) is 5.52 Å². The smallest absolute Gasteiger partial charge is 0.152 e. The minimum Gasteiger partial charge on any atom is -0.382 e. The summed E-state index contributed by atoms with van der Waals surface area (Å²) in [7, 11) is 0. The molecule has 5 rings (SSSR count). The van der Waals surface area contributed by atoms with E-state index in [4.69, 9.17) is 10.5 Å². The van der Waals surface area contributed by atoms with Gasteiger partial charge >= 0.3 is 0 Å². The highest BCUT2D eigenvalue weighted by Gasteiger charge is 2.12. The first-order valence-electron chi connectivity index (χ1n) is 9.96. The van der Waals surface area contributed by atoms with Crippen molar-refractivity contribution in [2.24, 2.45) is 0 Å². The van der Waals surface area contributed by atoms with Crippen LogP contribution in [0.3, 0.4) is 0 Å². The molecule has 0 aliphatic heterocycles. The molecule has 3 aromatic heterocycles. The first-order chi connectivity index (χ1) is 14.8. The summed E-state index contributed by atoms with van der Waals surface area (Å²) >= 11 is 0. The number of aryl methyl sites for hydroxylation is 1. The van der Waals surface area contributed by atoms with Gasteiger partial charge in [-0.2, -0.15) is 10.2 Å². The van der Waals surface area contributed by atoms with Crippen molar-refractivity contribution in [3.63, 3.8) is 0 Å². The van der Waals surface area contributed by atoms with Gasteiger partial charge in [0.05, 0.1) is 17.8 Å². The molecular weight excluding hydrogens is 376 g/mol. The highest BCUT2D eigenvalue weighted by molar-refractivity contribution is 6.08. The Hall–Kier alpha value is -3.71. The molecule has 0 radical (unpaired) electrons. The van der Waals surface area contributed by atoms with Gasteiger partial charge in [0, 0.05) is 41.9 Å². The summed E-state index contributed by atoms with van der Waals surface area (Å²) < 4.78 is 7.70. The number of fused-ring (bicyclic) bond motifs is 3. The molecule has 150 valence electrons. The largest absolute Gasteiger partial charge is 0.382 e. The number of anilines is 1. The third-order valence-corrected chi connectivity index (χ3v) is 5.13. The summed E-state index contributed by atoms with van der Waals surface area (Å²) in [6, 6.07) is 18.3. The highest BCUT2D eigenvalue weighted by atomic mass is 16.5. The number of hydrogen-bond acceptors (Lipinski definition) is 5. The number of ether oxygens (including phenoxy) is 1. The van der Waals surface area contributed by atoms with E-state index in [2.05, 4.69) is 44.5 Å². The van der Waals surface area contributed by atoms with E-state index in [0.29, 0.717) is 19.0 Å². The molecular formula is C23H22N6O. The number of aromatic nitrogens is 5. The number of rotatable bonds is 7. The molecule has 3 N–H and O–H groups in total. The average Bonchev–Trinajstić information content (AvgIpc) is 3.45. The van der Waals surface area contributed by atoms with E-state index in [1.807, 2.05) is 41.2 Å². The van der Waals surface area contributed by atoms with Gasteiger partial charge in [0.15, 0.2) is 5.82 Å². The molecule has 0 saturated heterocycles. The predicted molar refractivity (Wildman–Crippen MR) is 118 cm³/mol. The third-order valence-electron chi connectivity index (χ3n) is 5.13. The van der Waals surface area contributed by atoms with Crippen molar-refractivity contribution < 1.29 is 4.74 Å². The van der Waals surface area contributed by atoms with Crippen LogP contribution in [0.1, 0.15) is 12.0 Å². The molecule has 0 aliphatic carbocycles. The second-order valence-electron chi connectivity index (χ2n) is 7.25. The molecule has 0 aliphatic rings. The van der Waals surface area contributed by atoms with Crippen molar-refractivity contribution in [3.8, 4) is 11.3 Å². The second-order valence-corrected chi connectivity index (χ2v) is 7.25. The second kappa shape index (κ2) is 7.96. The molecule has 0 bridgehead atoms. The van der Waals surface area contributed by atoms with E-state index in [9.17, 15) is 0 Å². The van der Waals surface area contributed by atoms with Crippen molar-refractivity contribution in [3.05, 3.63) is 72.6 Å². The Morgan fingerprint density at radius 1 is 1.03 bits per heavy atom. The lowest BCUT2D eigenvalue weighted by atomic mass is 10.1. The monoisotopic (exact) mass is 398 g/mol. The first kappa shape index (κ1) is 18.3. The normalized spacial score (nSPS) is 11.5. The van der Waals surface area contributed by atoms with Gasteiger partial charge in [-0.3, -0.25) is 9.78 Å². The van der Waals surface area contributed by atoms with Gasteiger partial charge in [-0.15, -0.1) is 0 Å². The van der Waals surface area contributed by atoms with Crippen LogP contribution in [0.2, 0.25) is 0 Å². The molecule has 0 saturated carbocycles. The predicted octanol–water partition coefficient (Wildman–Crippen LogP) is 4.16. The van der Waals surface area contributed by atoms with Crippen molar-refractivity contribution in [2.45, 2.75) is 19.6 Å². The molecule has 2 aromatic carbocycles. The van der Waals surface area contributed by atoms with Gasteiger partial charge in [0.25, 0.3) is 0 Å². The zero-order valence-corrected chi connectivity index (χ0v) is 16.5. The molecule has 0 unspecified atom stereocenters. The van der Waals surface area contributed by atoms with E-state index >= 15 is 0 Å². The number of H-pyrrole nitrogens is 1. The van der Waals surface area contributed by atoms with Crippen molar-refractivity contribution in [1.29, 1.82) is 0 Å². The fraction of sp³-hybridized carbons (Fsp3) is 0.174. The number of benzene rings is 2. The summed E-state index contributed by atoms with van der Waals surface area (Å²) in [5.41, 5.74) is 10.9. The number of nitrogen functional groups attached to an aromatic ring is 1.